The summed E-state index contributed by atoms with van der Waals surface area (Å²) in [6.07, 6.45) is 2.16. The van der Waals surface area contributed by atoms with Gasteiger partial charge < -0.3 is 9.72 Å². The average molecular weight is 481 g/mol. The van der Waals surface area contributed by atoms with Gasteiger partial charge in [-0.3, -0.25) is 14.5 Å². The highest BCUT2D eigenvalue weighted by atomic mass is 16.5. The van der Waals surface area contributed by atoms with Crippen LogP contribution in [0.4, 0.5) is 0 Å². The van der Waals surface area contributed by atoms with Gasteiger partial charge >= 0.3 is 5.97 Å². The van der Waals surface area contributed by atoms with E-state index in [1.165, 1.54) is 0 Å². The van der Waals surface area contributed by atoms with Gasteiger partial charge in [0.1, 0.15) is 6.04 Å². The highest BCUT2D eigenvalue weighted by Gasteiger charge is 2.37. The van der Waals surface area contributed by atoms with E-state index in [1.54, 1.807) is 0 Å². The fraction of sp³-hybridized carbons (Fsp3) is 0.577. The number of benzene rings is 1. The van der Waals surface area contributed by atoms with E-state index in [0.717, 1.165) is 28.5 Å². The van der Waals surface area contributed by atoms with E-state index in [9.17, 15) is 9.59 Å². The Hall–Kier alpha value is -3.07. The molecule has 0 saturated carbocycles. The quantitative estimate of drug-likeness (QED) is 0.515. The summed E-state index contributed by atoms with van der Waals surface area (Å²) in [7, 11) is 0. The molecule has 3 heterocycles. The molecule has 0 bridgehead atoms. The summed E-state index contributed by atoms with van der Waals surface area (Å²) in [5, 5.41) is 13.8. The highest BCUT2D eigenvalue weighted by molar-refractivity contribution is 5.85. The topological polar surface area (TPSA) is 106 Å². The van der Waals surface area contributed by atoms with Crippen LogP contribution in [0.3, 0.4) is 0 Å². The second-order valence-electron chi connectivity index (χ2n) is 10.1. The number of hydrogen-bond acceptors (Lipinski definition) is 7. The monoisotopic (exact) mass is 480 g/mol. The van der Waals surface area contributed by atoms with Crippen molar-refractivity contribution in [3.8, 4) is 0 Å². The van der Waals surface area contributed by atoms with E-state index in [4.69, 9.17) is 4.74 Å². The number of aryl methyl sites for hydroxylation is 2. The maximum atomic E-state index is 13.5. The molecule has 0 amide bonds. The fourth-order valence-electron chi connectivity index (χ4n) is 4.89. The Morgan fingerprint density at radius 1 is 1.20 bits per heavy atom. The minimum Gasteiger partial charge on any atom is -0.466 e. The van der Waals surface area contributed by atoms with Crippen LogP contribution < -0.4 is 5.56 Å². The highest BCUT2D eigenvalue weighted by Crippen LogP contribution is 2.34. The fourth-order valence-corrected chi connectivity index (χ4v) is 4.89. The molecule has 4 rings (SSSR count). The Bertz CT molecular complexity index is 1270. The average Bonchev–Trinajstić information content (AvgIpc) is 3.33. The molecular formula is C26H36N6O3. The van der Waals surface area contributed by atoms with Crippen LogP contribution in [0.25, 0.3) is 10.9 Å². The summed E-state index contributed by atoms with van der Waals surface area (Å²) in [5.41, 5.74) is 3.12. The second-order valence-corrected chi connectivity index (χ2v) is 10.1. The van der Waals surface area contributed by atoms with Crippen molar-refractivity contribution in [2.24, 2.45) is 5.92 Å². The molecule has 0 radical (unpaired) electrons. The molecule has 9 heteroatoms. The Labute approximate surface area is 205 Å². The predicted molar refractivity (Wildman–Crippen MR) is 134 cm³/mol. The third-order valence-corrected chi connectivity index (χ3v) is 7.46. The van der Waals surface area contributed by atoms with Crippen molar-refractivity contribution in [3.63, 3.8) is 0 Å². The van der Waals surface area contributed by atoms with Crippen LogP contribution in [-0.4, -0.2) is 55.8 Å². The first-order chi connectivity index (χ1) is 16.7. The van der Waals surface area contributed by atoms with Gasteiger partial charge in [0.05, 0.1) is 23.6 Å². The van der Waals surface area contributed by atoms with E-state index in [-0.39, 0.29) is 23.0 Å². The summed E-state index contributed by atoms with van der Waals surface area (Å²) < 4.78 is 7.10. The summed E-state index contributed by atoms with van der Waals surface area (Å²) in [6, 6.07) is 5.65. The van der Waals surface area contributed by atoms with Gasteiger partial charge in [0.2, 0.25) is 0 Å². The zero-order chi connectivity index (χ0) is 25.3. The van der Waals surface area contributed by atoms with E-state index < -0.39 is 6.04 Å². The van der Waals surface area contributed by atoms with Gasteiger partial charge in [0, 0.05) is 24.0 Å². The number of tetrazole rings is 1. The van der Waals surface area contributed by atoms with E-state index in [1.807, 2.05) is 37.6 Å². The molecule has 9 nitrogen and oxygen atoms in total. The van der Waals surface area contributed by atoms with Gasteiger partial charge in [-0.05, 0) is 81.5 Å². The molecule has 3 aromatic rings. The Kier molecular flexibility index (Phi) is 7.07. The number of likely N-dealkylation sites (tertiary alicyclic amines) is 1. The molecule has 1 N–H and O–H groups in total. The zero-order valence-corrected chi connectivity index (χ0v) is 21.6. The zero-order valence-electron chi connectivity index (χ0n) is 21.6. The molecule has 188 valence electrons. The number of ether oxygens (including phenoxy) is 1. The van der Waals surface area contributed by atoms with Gasteiger partial charge in [-0.25, -0.2) is 4.68 Å². The predicted octanol–water partition coefficient (Wildman–Crippen LogP) is 3.64. The van der Waals surface area contributed by atoms with Crippen LogP contribution in [0.2, 0.25) is 0 Å². The molecule has 0 spiro atoms. The van der Waals surface area contributed by atoms with E-state index in [2.05, 4.69) is 52.2 Å². The van der Waals surface area contributed by atoms with Gasteiger partial charge in [-0.1, -0.05) is 19.1 Å². The number of fused-ring (bicyclic) bond motifs is 1. The Balaban J connectivity index is 1.83. The van der Waals surface area contributed by atoms with Crippen molar-refractivity contribution in [1.29, 1.82) is 0 Å². The van der Waals surface area contributed by atoms with Crippen molar-refractivity contribution >= 4 is 16.9 Å². The van der Waals surface area contributed by atoms with Crippen LogP contribution in [0.5, 0.6) is 0 Å². The number of H-pyrrole nitrogens is 1. The van der Waals surface area contributed by atoms with Crippen molar-refractivity contribution in [3.05, 3.63) is 51.1 Å². The Morgan fingerprint density at radius 3 is 2.54 bits per heavy atom. The molecule has 0 aliphatic carbocycles. The largest absolute Gasteiger partial charge is 0.466 e. The normalized spacial score (nSPS) is 16.5. The lowest BCUT2D eigenvalue weighted by atomic mass is 9.93. The molecule has 35 heavy (non-hydrogen) atoms. The van der Waals surface area contributed by atoms with Crippen molar-refractivity contribution in [2.75, 3.05) is 19.7 Å². The van der Waals surface area contributed by atoms with Crippen LogP contribution in [0.15, 0.2) is 23.0 Å². The molecule has 1 atom stereocenters. The molecule has 2 aromatic heterocycles. The molecule has 0 unspecified atom stereocenters. The number of aromatic amines is 1. The Morgan fingerprint density at radius 2 is 1.89 bits per heavy atom. The molecule has 1 saturated heterocycles. The van der Waals surface area contributed by atoms with Crippen molar-refractivity contribution in [1.82, 2.24) is 30.1 Å². The van der Waals surface area contributed by atoms with Crippen LogP contribution in [0, 0.1) is 19.8 Å². The molecule has 1 aliphatic rings. The van der Waals surface area contributed by atoms with Crippen LogP contribution in [-0.2, 0) is 15.1 Å². The number of carbonyl (C=O) groups excluding carboxylic acids is 1. The molecule has 1 aliphatic heterocycles. The number of rotatable bonds is 7. The lowest BCUT2D eigenvalue weighted by Gasteiger charge is -2.37. The second kappa shape index (κ2) is 9.89. The summed E-state index contributed by atoms with van der Waals surface area (Å²) >= 11 is 0. The third-order valence-electron chi connectivity index (χ3n) is 7.46. The minimum absolute atomic E-state index is 0.130. The number of carbonyl (C=O) groups is 1. The van der Waals surface area contributed by atoms with Crippen molar-refractivity contribution < 1.29 is 9.53 Å². The number of aromatic nitrogens is 5. The molecule has 1 fully saturated rings. The number of piperidine rings is 1. The maximum Gasteiger partial charge on any atom is 0.309 e. The summed E-state index contributed by atoms with van der Waals surface area (Å²) in [5.74, 6) is 0.367. The maximum absolute atomic E-state index is 13.5. The number of hydrogen-bond donors (Lipinski definition) is 1. The SMILES string of the molecule is CCOC(=O)C1CCN([C@@H](c2cc3c(C)ccc(C)c3[nH]c2=O)c2nnnn2C(C)(C)CC)CC1. The first-order valence-electron chi connectivity index (χ1n) is 12.5. The number of nitrogens with one attached hydrogen (secondary N) is 1. The van der Waals surface area contributed by atoms with E-state index in [0.29, 0.717) is 43.9 Å². The smallest absolute Gasteiger partial charge is 0.309 e. The number of nitrogens with zero attached hydrogens (tertiary/aromatic N) is 5. The van der Waals surface area contributed by atoms with Crippen LogP contribution >= 0.6 is 0 Å². The van der Waals surface area contributed by atoms with Gasteiger partial charge in [0.15, 0.2) is 5.82 Å². The third kappa shape index (κ3) is 4.74. The molecular weight excluding hydrogens is 444 g/mol. The van der Waals surface area contributed by atoms with Gasteiger partial charge in [-0.15, -0.1) is 5.10 Å². The minimum atomic E-state index is -0.438. The van der Waals surface area contributed by atoms with Crippen LogP contribution in [0.1, 0.15) is 75.5 Å². The first-order valence-corrected chi connectivity index (χ1v) is 12.5. The summed E-state index contributed by atoms with van der Waals surface area (Å²) in [6.45, 7) is 13.8. The summed E-state index contributed by atoms with van der Waals surface area (Å²) in [4.78, 5) is 31.2. The van der Waals surface area contributed by atoms with Gasteiger partial charge in [0.25, 0.3) is 5.56 Å². The standard InChI is InChI=1S/C26H36N6O3/c1-7-26(5,6)32-23(28-29-30-32)22(31-13-11-18(12-14-31)25(34)35-8-2)20-15-19-16(3)9-10-17(4)21(19)27-24(20)33/h9-10,15,18,22H,7-8,11-14H2,1-6H3,(H,27,33)/t22-/m0/s1. The lowest BCUT2D eigenvalue weighted by Crippen LogP contribution is -2.43. The van der Waals surface area contributed by atoms with Crippen molar-refractivity contribution in [2.45, 2.75) is 72.4 Å². The lowest BCUT2D eigenvalue weighted by molar-refractivity contribution is -0.149. The van der Waals surface area contributed by atoms with E-state index >= 15 is 0 Å². The first kappa shape index (κ1) is 25.0. The van der Waals surface area contributed by atoms with Gasteiger partial charge in [-0.2, -0.15) is 0 Å². The number of esters is 1. The number of pyridine rings is 1. The molecule has 1 aromatic carbocycles.